The van der Waals surface area contributed by atoms with Crippen LogP contribution in [0.25, 0.3) is 0 Å². The quantitative estimate of drug-likeness (QED) is 0.748. The van der Waals surface area contributed by atoms with Crippen LogP contribution in [0.2, 0.25) is 0 Å². The molecule has 0 spiro atoms. The largest absolute Gasteiger partial charge is 0.392 e. The fourth-order valence-corrected chi connectivity index (χ4v) is 4.06. The molecule has 0 amide bonds. The van der Waals surface area contributed by atoms with E-state index in [1.54, 1.807) is 0 Å². The second kappa shape index (κ2) is 4.56. The molecule has 2 nitrogen and oxygen atoms in total. The Labute approximate surface area is 104 Å². The van der Waals surface area contributed by atoms with Crippen LogP contribution in [0.15, 0.2) is 12.2 Å². The Morgan fingerprint density at radius 3 is 2.94 bits per heavy atom. The maximum Gasteiger partial charge on any atom is 0.133 e. The molecule has 0 aromatic carbocycles. The maximum atomic E-state index is 11.7. The molecule has 0 radical (unpaired) electrons. The molecule has 0 aliphatic heterocycles. The van der Waals surface area contributed by atoms with E-state index in [9.17, 15) is 9.90 Å². The first-order valence-corrected chi connectivity index (χ1v) is 6.76. The summed E-state index contributed by atoms with van der Waals surface area (Å²) < 4.78 is 0. The number of aliphatic hydroxyl groups is 1. The van der Waals surface area contributed by atoms with Crippen LogP contribution < -0.4 is 0 Å². The molecule has 0 aromatic rings. The lowest BCUT2D eigenvalue weighted by molar-refractivity contribution is -0.130. The zero-order valence-electron chi connectivity index (χ0n) is 11.0. The zero-order chi connectivity index (χ0) is 12.6. The predicted molar refractivity (Wildman–Crippen MR) is 68.6 cm³/mol. The smallest absolute Gasteiger partial charge is 0.133 e. The van der Waals surface area contributed by atoms with Gasteiger partial charge in [0.05, 0.1) is 6.61 Å². The Hall–Kier alpha value is -0.630. The van der Waals surface area contributed by atoms with Gasteiger partial charge in [0.2, 0.25) is 0 Å². The van der Waals surface area contributed by atoms with Crippen molar-refractivity contribution in [1.29, 1.82) is 0 Å². The van der Waals surface area contributed by atoms with Crippen molar-refractivity contribution in [3.05, 3.63) is 12.2 Å². The van der Waals surface area contributed by atoms with E-state index in [0.29, 0.717) is 23.5 Å². The molecule has 2 aliphatic carbocycles. The number of fused-ring (bicyclic) bond motifs is 1. The molecule has 1 N–H and O–H groups in total. The zero-order valence-corrected chi connectivity index (χ0v) is 11.0. The molecule has 96 valence electrons. The van der Waals surface area contributed by atoms with E-state index in [2.05, 4.69) is 20.4 Å². The molecule has 17 heavy (non-hydrogen) atoms. The minimum absolute atomic E-state index is 0.113. The minimum atomic E-state index is 0.113. The summed E-state index contributed by atoms with van der Waals surface area (Å²) in [4.78, 5) is 11.7. The Bertz CT molecular complexity index is 334. The lowest BCUT2D eigenvalue weighted by Crippen LogP contribution is -2.44. The van der Waals surface area contributed by atoms with Crippen LogP contribution in [0.1, 0.15) is 46.0 Å². The molecule has 2 rings (SSSR count). The molecule has 0 saturated heterocycles. The van der Waals surface area contributed by atoms with Crippen molar-refractivity contribution < 1.29 is 9.90 Å². The second-order valence-corrected chi connectivity index (χ2v) is 6.45. The summed E-state index contributed by atoms with van der Waals surface area (Å²) in [5.41, 5.74) is 1.19. The van der Waals surface area contributed by atoms with Crippen molar-refractivity contribution >= 4 is 5.78 Å². The summed E-state index contributed by atoms with van der Waals surface area (Å²) >= 11 is 0. The molecule has 2 fully saturated rings. The molecule has 4 atom stereocenters. The van der Waals surface area contributed by atoms with Crippen molar-refractivity contribution in [2.24, 2.45) is 23.2 Å². The molecule has 2 heteroatoms. The van der Waals surface area contributed by atoms with Gasteiger partial charge in [-0.25, -0.2) is 0 Å². The number of ketones is 1. The van der Waals surface area contributed by atoms with E-state index in [-0.39, 0.29) is 12.0 Å². The third-order valence-electron chi connectivity index (χ3n) is 5.12. The number of carbonyl (C=O) groups is 1. The molecule has 4 unspecified atom stereocenters. The summed E-state index contributed by atoms with van der Waals surface area (Å²) in [5.74, 6) is 2.03. The van der Waals surface area contributed by atoms with E-state index in [1.807, 2.05) is 0 Å². The molecular formula is C15H24O2. The van der Waals surface area contributed by atoms with Crippen LogP contribution in [0.5, 0.6) is 0 Å². The molecule has 0 bridgehead atoms. The lowest BCUT2D eigenvalue weighted by atomic mass is 9.54. The Kier molecular flexibility index (Phi) is 3.44. The van der Waals surface area contributed by atoms with Gasteiger partial charge < -0.3 is 5.11 Å². The summed E-state index contributed by atoms with van der Waals surface area (Å²) in [6.07, 6.45) is 4.83. The highest BCUT2D eigenvalue weighted by Crippen LogP contribution is 2.53. The van der Waals surface area contributed by atoms with Crippen molar-refractivity contribution in [2.75, 3.05) is 6.61 Å². The molecule has 2 saturated carbocycles. The molecule has 0 heterocycles. The SMILES string of the molecule is C=C(CO)C1CCC2(C)CC(=O)CC(C)C2C1. The van der Waals surface area contributed by atoms with Gasteiger partial charge in [0.1, 0.15) is 5.78 Å². The van der Waals surface area contributed by atoms with E-state index >= 15 is 0 Å². The molecular weight excluding hydrogens is 212 g/mol. The van der Waals surface area contributed by atoms with E-state index < -0.39 is 0 Å². The summed E-state index contributed by atoms with van der Waals surface area (Å²) in [6, 6.07) is 0. The molecule has 0 aromatic heterocycles. The standard InChI is InChI=1S/C15H24O2/c1-10-6-13(17)8-15(3)5-4-12(7-14(10)15)11(2)9-16/h10,12,14,16H,2,4-9H2,1,3H3. The van der Waals surface area contributed by atoms with Crippen molar-refractivity contribution in [3.63, 3.8) is 0 Å². The number of carbonyl (C=O) groups excluding carboxylic acids is 1. The van der Waals surface area contributed by atoms with Crippen molar-refractivity contribution in [1.82, 2.24) is 0 Å². The normalized spacial score (nSPS) is 42.1. The van der Waals surface area contributed by atoms with Gasteiger partial charge in [-0.2, -0.15) is 0 Å². The monoisotopic (exact) mass is 236 g/mol. The van der Waals surface area contributed by atoms with Gasteiger partial charge >= 0.3 is 0 Å². The van der Waals surface area contributed by atoms with Gasteiger partial charge in [-0.1, -0.05) is 20.4 Å². The van der Waals surface area contributed by atoms with Crippen LogP contribution in [0.3, 0.4) is 0 Å². The minimum Gasteiger partial charge on any atom is -0.392 e. The number of hydrogen-bond donors (Lipinski definition) is 1. The van der Waals surface area contributed by atoms with Crippen LogP contribution in [-0.2, 0) is 4.79 Å². The number of aliphatic hydroxyl groups excluding tert-OH is 1. The highest BCUT2D eigenvalue weighted by Gasteiger charge is 2.47. The first-order valence-electron chi connectivity index (χ1n) is 6.76. The van der Waals surface area contributed by atoms with Gasteiger partial charge in [0.15, 0.2) is 0 Å². The second-order valence-electron chi connectivity index (χ2n) is 6.45. The van der Waals surface area contributed by atoms with Crippen molar-refractivity contribution in [2.45, 2.75) is 46.0 Å². The van der Waals surface area contributed by atoms with Crippen LogP contribution in [0.4, 0.5) is 0 Å². The fraction of sp³-hybridized carbons (Fsp3) is 0.800. The van der Waals surface area contributed by atoms with E-state index in [0.717, 1.165) is 37.7 Å². The topological polar surface area (TPSA) is 37.3 Å². The maximum absolute atomic E-state index is 11.7. The number of hydrogen-bond acceptors (Lipinski definition) is 2. The molecule has 2 aliphatic rings. The first kappa shape index (κ1) is 12.8. The highest BCUT2D eigenvalue weighted by molar-refractivity contribution is 5.80. The highest BCUT2D eigenvalue weighted by atomic mass is 16.3. The van der Waals surface area contributed by atoms with E-state index in [1.165, 1.54) is 0 Å². The van der Waals surface area contributed by atoms with Gasteiger partial charge in [0, 0.05) is 12.8 Å². The Morgan fingerprint density at radius 1 is 1.59 bits per heavy atom. The van der Waals surface area contributed by atoms with Gasteiger partial charge in [-0.05, 0) is 48.0 Å². The third kappa shape index (κ3) is 2.33. The van der Waals surface area contributed by atoms with E-state index in [4.69, 9.17) is 0 Å². The number of rotatable bonds is 2. The Balaban J connectivity index is 2.13. The Morgan fingerprint density at radius 2 is 2.29 bits per heavy atom. The van der Waals surface area contributed by atoms with Crippen LogP contribution in [0, 0.1) is 23.2 Å². The summed E-state index contributed by atoms with van der Waals surface area (Å²) in [5, 5.41) is 9.20. The van der Waals surface area contributed by atoms with Gasteiger partial charge in [0.25, 0.3) is 0 Å². The summed E-state index contributed by atoms with van der Waals surface area (Å²) in [6.45, 7) is 8.59. The lowest BCUT2D eigenvalue weighted by Gasteiger charge is -2.50. The van der Waals surface area contributed by atoms with Crippen molar-refractivity contribution in [3.8, 4) is 0 Å². The average Bonchev–Trinajstić information content (AvgIpc) is 2.26. The summed E-state index contributed by atoms with van der Waals surface area (Å²) in [7, 11) is 0. The van der Waals surface area contributed by atoms with Gasteiger partial charge in [-0.3, -0.25) is 4.79 Å². The number of Topliss-reactive ketones (excluding diaryl/α,β-unsaturated/α-hetero) is 1. The third-order valence-corrected chi connectivity index (χ3v) is 5.12. The predicted octanol–water partition coefficient (Wildman–Crippen LogP) is 2.96. The average molecular weight is 236 g/mol. The van der Waals surface area contributed by atoms with Crippen LogP contribution >= 0.6 is 0 Å². The fourth-order valence-electron chi connectivity index (χ4n) is 4.06. The van der Waals surface area contributed by atoms with Crippen LogP contribution in [-0.4, -0.2) is 17.5 Å². The first-order chi connectivity index (χ1) is 7.96. The van der Waals surface area contributed by atoms with Gasteiger partial charge in [-0.15, -0.1) is 0 Å².